The molecule has 0 spiro atoms. The van der Waals surface area contributed by atoms with E-state index in [1.807, 2.05) is 71.4 Å². The minimum atomic E-state index is -0.698. The van der Waals surface area contributed by atoms with E-state index in [1.54, 1.807) is 23.3 Å². The Morgan fingerprint density at radius 1 is 1.00 bits per heavy atom. The van der Waals surface area contributed by atoms with Crippen molar-refractivity contribution >= 4 is 23.2 Å². The van der Waals surface area contributed by atoms with E-state index in [1.165, 1.54) is 6.42 Å². The molecule has 1 N–H and O–H groups in total. The first-order valence-electron chi connectivity index (χ1n) is 11.9. The number of carbonyl (C=O) groups is 2. The van der Waals surface area contributed by atoms with E-state index in [2.05, 4.69) is 5.32 Å². The number of ether oxygens (including phenoxy) is 1. The number of methoxy groups -OCH3 is 1. The summed E-state index contributed by atoms with van der Waals surface area (Å²) in [7, 11) is 1.63. The zero-order chi connectivity index (χ0) is 23.8. The predicted molar refractivity (Wildman–Crippen MR) is 136 cm³/mol. The minimum Gasteiger partial charge on any atom is -0.497 e. The number of nitrogens with zero attached hydrogens (tertiary/aromatic N) is 1. The second-order valence-electron chi connectivity index (χ2n) is 8.83. The normalized spacial score (nSPS) is 14.9. The molecule has 3 aromatic rings. The molecular formula is C28H32N2O3S. The average molecular weight is 477 g/mol. The van der Waals surface area contributed by atoms with Gasteiger partial charge in [-0.15, -0.1) is 0 Å². The third-order valence-electron chi connectivity index (χ3n) is 6.39. The Morgan fingerprint density at radius 3 is 2.38 bits per heavy atom. The molecule has 4 rings (SSSR count). The molecule has 1 aliphatic rings. The lowest BCUT2D eigenvalue weighted by Crippen LogP contribution is -2.47. The van der Waals surface area contributed by atoms with E-state index >= 15 is 0 Å². The summed E-state index contributed by atoms with van der Waals surface area (Å²) in [6.45, 7) is 0.338. The summed E-state index contributed by atoms with van der Waals surface area (Å²) in [6, 6.07) is 18.7. The molecule has 1 fully saturated rings. The fraction of sp³-hybridized carbons (Fsp3) is 0.357. The number of rotatable bonds is 9. The molecule has 1 heterocycles. The van der Waals surface area contributed by atoms with Crippen molar-refractivity contribution in [2.24, 2.45) is 0 Å². The second-order valence-corrected chi connectivity index (χ2v) is 9.61. The van der Waals surface area contributed by atoms with Crippen LogP contribution in [0.1, 0.15) is 54.8 Å². The van der Waals surface area contributed by atoms with E-state index in [0.717, 1.165) is 48.1 Å². The first kappa shape index (κ1) is 24.0. The van der Waals surface area contributed by atoms with Crippen LogP contribution in [0.15, 0.2) is 71.4 Å². The van der Waals surface area contributed by atoms with Gasteiger partial charge in [0, 0.05) is 12.6 Å². The molecule has 178 valence electrons. The van der Waals surface area contributed by atoms with Gasteiger partial charge in [-0.05, 0) is 58.5 Å². The lowest BCUT2D eigenvalue weighted by atomic mass is 9.94. The summed E-state index contributed by atoms with van der Waals surface area (Å²) in [5.41, 5.74) is 2.74. The van der Waals surface area contributed by atoms with Crippen LogP contribution in [-0.4, -0.2) is 29.9 Å². The Morgan fingerprint density at radius 2 is 1.74 bits per heavy atom. The highest BCUT2D eigenvalue weighted by Gasteiger charge is 2.33. The zero-order valence-electron chi connectivity index (χ0n) is 19.6. The standard InChI is InChI=1S/C28H32N2O3S/c1-33-25-14-12-21(13-15-25)19-30(26(31)18-22-16-17-34-20-22)27(23-8-4-2-5-9-23)28(32)29-24-10-6-3-7-11-24/h2,4-5,8-9,12-17,20,24,27H,3,6-7,10-11,18-19H2,1H3,(H,29,32)/t27-/m1/s1. The molecular weight excluding hydrogens is 444 g/mol. The van der Waals surface area contributed by atoms with Crippen LogP contribution in [0.2, 0.25) is 0 Å². The van der Waals surface area contributed by atoms with E-state index in [9.17, 15) is 9.59 Å². The monoisotopic (exact) mass is 476 g/mol. The van der Waals surface area contributed by atoms with Gasteiger partial charge in [-0.3, -0.25) is 9.59 Å². The largest absolute Gasteiger partial charge is 0.497 e. The molecule has 1 aliphatic carbocycles. The van der Waals surface area contributed by atoms with Gasteiger partial charge < -0.3 is 15.0 Å². The van der Waals surface area contributed by atoms with Crippen molar-refractivity contribution in [2.75, 3.05) is 7.11 Å². The zero-order valence-corrected chi connectivity index (χ0v) is 20.4. The van der Waals surface area contributed by atoms with Crippen molar-refractivity contribution in [2.45, 2.75) is 57.2 Å². The fourth-order valence-corrected chi connectivity index (χ4v) is 5.22. The molecule has 0 bridgehead atoms. The average Bonchev–Trinajstić information content (AvgIpc) is 3.38. The lowest BCUT2D eigenvalue weighted by molar-refractivity contribution is -0.141. The molecule has 1 aromatic heterocycles. The molecule has 2 amide bonds. The SMILES string of the molecule is COc1ccc(CN(C(=O)Cc2ccsc2)[C@@H](C(=O)NC2CCCCC2)c2ccccc2)cc1. The van der Waals surface area contributed by atoms with Gasteiger partial charge >= 0.3 is 0 Å². The summed E-state index contributed by atoms with van der Waals surface area (Å²) in [5.74, 6) is 0.585. The third-order valence-corrected chi connectivity index (χ3v) is 7.13. The van der Waals surface area contributed by atoms with Crippen molar-refractivity contribution in [1.29, 1.82) is 0 Å². The lowest BCUT2D eigenvalue weighted by Gasteiger charge is -2.33. The highest BCUT2D eigenvalue weighted by Crippen LogP contribution is 2.27. The van der Waals surface area contributed by atoms with Gasteiger partial charge in [0.1, 0.15) is 11.8 Å². The first-order valence-corrected chi connectivity index (χ1v) is 12.9. The van der Waals surface area contributed by atoms with Crippen LogP contribution in [0, 0.1) is 0 Å². The van der Waals surface area contributed by atoms with Gasteiger partial charge in [0.15, 0.2) is 0 Å². The maximum absolute atomic E-state index is 13.7. The van der Waals surface area contributed by atoms with Crippen LogP contribution in [0.5, 0.6) is 5.75 Å². The first-order chi connectivity index (χ1) is 16.6. The number of benzene rings is 2. The van der Waals surface area contributed by atoms with Crippen LogP contribution < -0.4 is 10.1 Å². The van der Waals surface area contributed by atoms with Crippen LogP contribution in [0.25, 0.3) is 0 Å². The molecule has 6 heteroatoms. The highest BCUT2D eigenvalue weighted by atomic mass is 32.1. The van der Waals surface area contributed by atoms with Crippen molar-refractivity contribution < 1.29 is 14.3 Å². The fourth-order valence-electron chi connectivity index (χ4n) is 4.56. The Labute approximate surface area is 205 Å². The molecule has 5 nitrogen and oxygen atoms in total. The van der Waals surface area contributed by atoms with Gasteiger partial charge in [0.25, 0.3) is 0 Å². The second kappa shape index (κ2) is 11.8. The van der Waals surface area contributed by atoms with E-state index < -0.39 is 6.04 Å². The number of nitrogens with one attached hydrogen (secondary N) is 1. The summed E-state index contributed by atoms with van der Waals surface area (Å²) in [5, 5.41) is 7.23. The van der Waals surface area contributed by atoms with Crippen molar-refractivity contribution in [3.8, 4) is 5.75 Å². The van der Waals surface area contributed by atoms with Crippen molar-refractivity contribution in [3.05, 3.63) is 88.1 Å². The quantitative estimate of drug-likeness (QED) is 0.443. The summed E-state index contributed by atoms with van der Waals surface area (Å²) in [4.78, 5) is 29.1. The highest BCUT2D eigenvalue weighted by molar-refractivity contribution is 7.08. The van der Waals surface area contributed by atoms with Gasteiger partial charge in [-0.1, -0.05) is 61.7 Å². The number of amides is 2. The number of carbonyl (C=O) groups excluding carboxylic acids is 2. The molecule has 0 unspecified atom stereocenters. The number of hydrogen-bond acceptors (Lipinski definition) is 4. The number of hydrogen-bond donors (Lipinski definition) is 1. The van der Waals surface area contributed by atoms with Gasteiger partial charge in [-0.25, -0.2) is 0 Å². The number of thiophene rings is 1. The topological polar surface area (TPSA) is 58.6 Å². The molecule has 0 radical (unpaired) electrons. The minimum absolute atomic E-state index is 0.0677. The summed E-state index contributed by atoms with van der Waals surface area (Å²) < 4.78 is 5.29. The predicted octanol–water partition coefficient (Wildman–Crippen LogP) is 5.52. The summed E-state index contributed by atoms with van der Waals surface area (Å²) in [6.07, 6.45) is 5.74. The van der Waals surface area contributed by atoms with Crippen LogP contribution in [0.4, 0.5) is 0 Å². The molecule has 34 heavy (non-hydrogen) atoms. The summed E-state index contributed by atoms with van der Waals surface area (Å²) >= 11 is 1.57. The third kappa shape index (κ3) is 6.26. The van der Waals surface area contributed by atoms with Crippen molar-refractivity contribution in [1.82, 2.24) is 10.2 Å². The van der Waals surface area contributed by atoms with Gasteiger partial charge in [0.05, 0.1) is 13.5 Å². The van der Waals surface area contributed by atoms with Crippen molar-refractivity contribution in [3.63, 3.8) is 0 Å². The van der Waals surface area contributed by atoms with E-state index in [4.69, 9.17) is 4.74 Å². The van der Waals surface area contributed by atoms with Crippen LogP contribution >= 0.6 is 11.3 Å². The van der Waals surface area contributed by atoms with E-state index in [0.29, 0.717) is 6.54 Å². The Hall–Kier alpha value is -3.12. The van der Waals surface area contributed by atoms with Gasteiger partial charge in [0.2, 0.25) is 11.8 Å². The molecule has 0 saturated heterocycles. The smallest absolute Gasteiger partial charge is 0.247 e. The maximum Gasteiger partial charge on any atom is 0.247 e. The molecule has 1 saturated carbocycles. The van der Waals surface area contributed by atoms with E-state index in [-0.39, 0.29) is 24.3 Å². The molecule has 2 aromatic carbocycles. The Bertz CT molecular complexity index is 1050. The van der Waals surface area contributed by atoms with Gasteiger partial charge in [-0.2, -0.15) is 11.3 Å². The molecule has 0 aliphatic heterocycles. The van der Waals surface area contributed by atoms with Crippen LogP contribution in [0.3, 0.4) is 0 Å². The Kier molecular flexibility index (Phi) is 8.36. The maximum atomic E-state index is 13.7. The molecule has 1 atom stereocenters. The van der Waals surface area contributed by atoms with Crippen LogP contribution in [-0.2, 0) is 22.6 Å². The Balaban J connectivity index is 1.66.